The zero-order valence-corrected chi connectivity index (χ0v) is 24.1. The Morgan fingerprint density at radius 1 is 0.925 bits per heavy atom. The van der Waals surface area contributed by atoms with E-state index in [4.69, 9.17) is 14.2 Å². The van der Waals surface area contributed by atoms with Gasteiger partial charge in [0.15, 0.2) is 0 Å². The van der Waals surface area contributed by atoms with Crippen LogP contribution in [0.2, 0.25) is 0 Å². The van der Waals surface area contributed by atoms with Crippen molar-refractivity contribution in [3.63, 3.8) is 0 Å². The first-order chi connectivity index (χ1) is 18.9. The summed E-state index contributed by atoms with van der Waals surface area (Å²) >= 11 is 0. The molecule has 0 spiro atoms. The Labute approximate surface area is 236 Å². The van der Waals surface area contributed by atoms with Crippen LogP contribution in [0.4, 0.5) is 0 Å². The quantitative estimate of drug-likeness (QED) is 0.201. The molecule has 210 valence electrons. The van der Waals surface area contributed by atoms with Gasteiger partial charge in [0.25, 0.3) is 11.7 Å². The van der Waals surface area contributed by atoms with Crippen molar-refractivity contribution >= 4 is 17.4 Å². The minimum Gasteiger partial charge on any atom is -0.507 e. The van der Waals surface area contributed by atoms with Crippen LogP contribution in [0.3, 0.4) is 0 Å². The van der Waals surface area contributed by atoms with Crippen LogP contribution in [0.1, 0.15) is 62.9 Å². The maximum atomic E-state index is 13.6. The smallest absolute Gasteiger partial charge is 0.295 e. The Bertz CT molecular complexity index is 1450. The maximum Gasteiger partial charge on any atom is 0.295 e. The Hall–Kier alpha value is -4.26. The van der Waals surface area contributed by atoms with Crippen LogP contribution in [-0.4, -0.2) is 42.0 Å². The van der Waals surface area contributed by atoms with Crippen LogP contribution < -0.4 is 14.2 Å². The molecule has 1 atom stereocenters. The zero-order chi connectivity index (χ0) is 29.2. The van der Waals surface area contributed by atoms with Gasteiger partial charge < -0.3 is 24.2 Å². The van der Waals surface area contributed by atoms with Gasteiger partial charge in [0.2, 0.25) is 0 Å². The average molecular weight is 544 g/mol. The van der Waals surface area contributed by atoms with E-state index < -0.39 is 17.7 Å². The SMILES string of the molecule is COc1cccc(CN2C(=O)C(=O)/C(=C(/O)c3ccc(OC)c(C(C)(C)C)c3)C2c2cccc(OC(C)C)c2)c1. The Morgan fingerprint density at radius 3 is 2.27 bits per heavy atom. The van der Waals surface area contributed by atoms with Crippen molar-refractivity contribution in [2.24, 2.45) is 0 Å². The van der Waals surface area contributed by atoms with Gasteiger partial charge in [-0.3, -0.25) is 9.59 Å². The number of hydrogen-bond acceptors (Lipinski definition) is 6. The normalized spacial score (nSPS) is 16.9. The van der Waals surface area contributed by atoms with Gasteiger partial charge in [-0.2, -0.15) is 0 Å². The van der Waals surface area contributed by atoms with Gasteiger partial charge in [0, 0.05) is 17.7 Å². The molecular formula is C33H37NO6. The van der Waals surface area contributed by atoms with Crippen molar-refractivity contribution in [3.8, 4) is 17.2 Å². The standard InChI is InChI=1S/C33H37NO6/c1-20(2)40-25-13-9-11-22(17-25)29-28(30(35)23-14-15-27(39-7)26(18-23)33(3,4)5)31(36)32(37)34(29)19-21-10-8-12-24(16-21)38-6/h8-18,20,29,35H,19H2,1-7H3/b30-28+. The molecule has 3 aromatic rings. The molecule has 40 heavy (non-hydrogen) atoms. The monoisotopic (exact) mass is 543 g/mol. The summed E-state index contributed by atoms with van der Waals surface area (Å²) in [5, 5.41) is 11.7. The number of amides is 1. The van der Waals surface area contributed by atoms with E-state index in [1.807, 2.05) is 89.2 Å². The topological polar surface area (TPSA) is 85.3 Å². The number of aliphatic hydroxyl groups is 1. The first-order valence-corrected chi connectivity index (χ1v) is 13.3. The lowest BCUT2D eigenvalue weighted by atomic mass is 9.84. The van der Waals surface area contributed by atoms with E-state index in [1.54, 1.807) is 26.4 Å². The Balaban J connectivity index is 1.90. The lowest BCUT2D eigenvalue weighted by Crippen LogP contribution is -2.29. The van der Waals surface area contributed by atoms with E-state index in [9.17, 15) is 14.7 Å². The van der Waals surface area contributed by atoms with Crippen LogP contribution in [0.15, 0.2) is 72.3 Å². The van der Waals surface area contributed by atoms with Crippen LogP contribution >= 0.6 is 0 Å². The zero-order valence-electron chi connectivity index (χ0n) is 24.1. The third-order valence-electron chi connectivity index (χ3n) is 6.85. The molecule has 0 saturated carbocycles. The van der Waals surface area contributed by atoms with Crippen molar-refractivity contribution in [1.82, 2.24) is 4.90 Å². The summed E-state index contributed by atoms with van der Waals surface area (Å²) in [6, 6.07) is 19.1. The summed E-state index contributed by atoms with van der Waals surface area (Å²) in [7, 11) is 3.17. The van der Waals surface area contributed by atoms with Crippen molar-refractivity contribution in [1.29, 1.82) is 0 Å². The summed E-state index contributed by atoms with van der Waals surface area (Å²) in [6.45, 7) is 10.1. The molecule has 1 N–H and O–H groups in total. The highest BCUT2D eigenvalue weighted by molar-refractivity contribution is 6.46. The third-order valence-corrected chi connectivity index (χ3v) is 6.85. The molecule has 0 aromatic heterocycles. The minimum atomic E-state index is -0.831. The van der Waals surface area contributed by atoms with Crippen molar-refractivity contribution in [2.75, 3.05) is 14.2 Å². The molecule has 1 aliphatic heterocycles. The Kier molecular flexibility index (Phi) is 8.24. The maximum absolute atomic E-state index is 13.6. The largest absolute Gasteiger partial charge is 0.507 e. The number of nitrogens with zero attached hydrogens (tertiary/aromatic N) is 1. The van der Waals surface area contributed by atoms with Gasteiger partial charge >= 0.3 is 0 Å². The summed E-state index contributed by atoms with van der Waals surface area (Å²) in [4.78, 5) is 28.6. The highest BCUT2D eigenvalue weighted by Gasteiger charge is 2.46. The van der Waals surface area contributed by atoms with Gasteiger partial charge in [-0.25, -0.2) is 0 Å². The van der Waals surface area contributed by atoms with Gasteiger partial charge in [-0.15, -0.1) is 0 Å². The minimum absolute atomic E-state index is 0.0274. The second-order valence-electron chi connectivity index (χ2n) is 11.2. The second kappa shape index (κ2) is 11.5. The number of methoxy groups -OCH3 is 2. The number of likely N-dealkylation sites (tertiary alicyclic amines) is 1. The van der Waals surface area contributed by atoms with Crippen molar-refractivity contribution < 1.29 is 28.9 Å². The molecule has 1 unspecified atom stereocenters. The summed E-state index contributed by atoms with van der Waals surface area (Å²) in [5.74, 6) is 0.269. The molecule has 4 rings (SSSR count). The molecule has 1 amide bonds. The van der Waals surface area contributed by atoms with Crippen molar-refractivity contribution in [2.45, 2.75) is 58.7 Å². The van der Waals surface area contributed by atoms with Gasteiger partial charge in [0.1, 0.15) is 23.0 Å². The van der Waals surface area contributed by atoms with E-state index in [0.29, 0.717) is 28.4 Å². The number of aliphatic hydroxyl groups excluding tert-OH is 1. The number of benzene rings is 3. The van der Waals surface area contributed by atoms with E-state index in [1.165, 1.54) is 4.90 Å². The number of ketones is 1. The average Bonchev–Trinajstić information content (AvgIpc) is 3.16. The van der Waals surface area contributed by atoms with E-state index >= 15 is 0 Å². The van der Waals surface area contributed by atoms with Crippen LogP contribution in [-0.2, 0) is 21.5 Å². The lowest BCUT2D eigenvalue weighted by molar-refractivity contribution is -0.140. The number of carbonyl (C=O) groups is 2. The lowest BCUT2D eigenvalue weighted by Gasteiger charge is -2.26. The highest BCUT2D eigenvalue weighted by Crippen LogP contribution is 2.42. The molecule has 7 heteroatoms. The van der Waals surface area contributed by atoms with Crippen LogP contribution in [0, 0.1) is 0 Å². The molecule has 0 radical (unpaired) electrons. The van der Waals surface area contributed by atoms with Gasteiger partial charge in [-0.05, 0) is 72.9 Å². The summed E-state index contributed by atoms with van der Waals surface area (Å²) in [6.07, 6.45) is -0.0616. The molecular weight excluding hydrogens is 506 g/mol. The highest BCUT2D eigenvalue weighted by atomic mass is 16.5. The predicted molar refractivity (Wildman–Crippen MR) is 155 cm³/mol. The molecule has 0 aliphatic carbocycles. The number of hydrogen-bond donors (Lipinski definition) is 1. The number of rotatable bonds is 8. The van der Waals surface area contributed by atoms with E-state index in [2.05, 4.69) is 0 Å². The molecule has 7 nitrogen and oxygen atoms in total. The molecule has 1 aliphatic rings. The third kappa shape index (κ3) is 5.83. The predicted octanol–water partition coefficient (Wildman–Crippen LogP) is 6.41. The van der Waals surface area contributed by atoms with E-state index in [-0.39, 0.29) is 29.4 Å². The molecule has 1 heterocycles. The molecule has 1 saturated heterocycles. The fourth-order valence-electron chi connectivity index (χ4n) is 4.98. The molecule has 1 fully saturated rings. The van der Waals surface area contributed by atoms with Crippen LogP contribution in [0.5, 0.6) is 17.2 Å². The number of Topliss-reactive ketones (excluding diaryl/α,β-unsaturated/α-hetero) is 1. The first kappa shape index (κ1) is 28.7. The first-order valence-electron chi connectivity index (χ1n) is 13.3. The van der Waals surface area contributed by atoms with Gasteiger partial charge in [-0.1, -0.05) is 45.0 Å². The Morgan fingerprint density at radius 2 is 1.62 bits per heavy atom. The summed E-state index contributed by atoms with van der Waals surface area (Å²) in [5.41, 5.74) is 2.49. The molecule has 0 bridgehead atoms. The fourth-order valence-corrected chi connectivity index (χ4v) is 4.98. The molecule has 3 aromatic carbocycles. The number of ether oxygens (including phenoxy) is 3. The number of carbonyl (C=O) groups excluding carboxylic acids is 2. The van der Waals surface area contributed by atoms with Crippen LogP contribution in [0.25, 0.3) is 5.76 Å². The summed E-state index contributed by atoms with van der Waals surface area (Å²) < 4.78 is 16.8. The second-order valence-corrected chi connectivity index (χ2v) is 11.2. The fraction of sp³-hybridized carbons (Fsp3) is 0.333. The van der Waals surface area contributed by atoms with Gasteiger partial charge in [0.05, 0.1) is 31.9 Å². The van der Waals surface area contributed by atoms with E-state index in [0.717, 1.165) is 11.1 Å². The van der Waals surface area contributed by atoms with Crippen molar-refractivity contribution in [3.05, 3.63) is 94.6 Å².